The maximum Gasteiger partial charge on any atom is 0.304 e. The van der Waals surface area contributed by atoms with Gasteiger partial charge in [-0.25, -0.2) is 4.98 Å². The van der Waals surface area contributed by atoms with Crippen LogP contribution in [-0.2, 0) is 4.79 Å². The van der Waals surface area contributed by atoms with Crippen molar-refractivity contribution in [1.82, 2.24) is 4.98 Å². The van der Waals surface area contributed by atoms with Gasteiger partial charge in [0.25, 0.3) is 0 Å². The Morgan fingerprint density at radius 2 is 2.38 bits per heavy atom. The number of anilines is 1. The summed E-state index contributed by atoms with van der Waals surface area (Å²) >= 11 is 2.97. The van der Waals surface area contributed by atoms with E-state index in [1.165, 1.54) is 23.1 Å². The normalized spacial score (nSPS) is 10.8. The second-order valence-electron chi connectivity index (χ2n) is 3.17. The quantitative estimate of drug-likeness (QED) is 0.819. The van der Waals surface area contributed by atoms with E-state index in [1.54, 1.807) is 0 Å². The average molecular weight is 254 g/mol. The molecule has 1 aromatic carbocycles. The third-order valence-electron chi connectivity index (χ3n) is 1.96. The molecule has 0 radical (unpaired) electrons. The van der Waals surface area contributed by atoms with E-state index >= 15 is 0 Å². The molecule has 0 saturated carbocycles. The summed E-state index contributed by atoms with van der Waals surface area (Å²) in [6.07, 6.45) is 0.174. The van der Waals surface area contributed by atoms with Crippen LogP contribution in [0.2, 0.25) is 0 Å². The second-order valence-corrected chi connectivity index (χ2v) is 5.40. The van der Waals surface area contributed by atoms with Gasteiger partial charge in [0, 0.05) is 10.6 Å². The Labute approximate surface area is 100 Å². The third kappa shape index (κ3) is 2.65. The third-order valence-corrected chi connectivity index (χ3v) is 3.80. The molecule has 6 heteroatoms. The van der Waals surface area contributed by atoms with Gasteiger partial charge in [-0.3, -0.25) is 4.79 Å². The molecule has 0 unspecified atom stereocenters. The van der Waals surface area contributed by atoms with Crippen molar-refractivity contribution in [3.63, 3.8) is 0 Å². The van der Waals surface area contributed by atoms with Crippen molar-refractivity contribution in [3.05, 3.63) is 18.2 Å². The van der Waals surface area contributed by atoms with Gasteiger partial charge in [-0.2, -0.15) is 0 Å². The highest BCUT2D eigenvalue weighted by atomic mass is 32.2. The van der Waals surface area contributed by atoms with Crippen LogP contribution >= 0.6 is 23.1 Å². The van der Waals surface area contributed by atoms with E-state index in [0.717, 1.165) is 15.1 Å². The molecular weight excluding hydrogens is 244 g/mol. The zero-order chi connectivity index (χ0) is 11.5. The number of rotatable bonds is 4. The average Bonchev–Trinajstić information content (AvgIpc) is 2.56. The number of nitrogen functional groups attached to an aromatic ring is 1. The van der Waals surface area contributed by atoms with Gasteiger partial charge < -0.3 is 10.8 Å². The van der Waals surface area contributed by atoms with Crippen LogP contribution in [0.1, 0.15) is 6.42 Å². The fraction of sp³-hybridized carbons (Fsp3) is 0.200. The van der Waals surface area contributed by atoms with E-state index in [-0.39, 0.29) is 6.42 Å². The van der Waals surface area contributed by atoms with Gasteiger partial charge in [0.2, 0.25) is 0 Å². The number of nitrogens with zero attached hydrogens (tertiary/aromatic N) is 1. The number of carboxylic acids is 1. The smallest absolute Gasteiger partial charge is 0.304 e. The molecule has 2 aromatic rings. The van der Waals surface area contributed by atoms with Crippen molar-refractivity contribution in [2.24, 2.45) is 0 Å². The van der Waals surface area contributed by atoms with E-state index in [1.807, 2.05) is 18.2 Å². The van der Waals surface area contributed by atoms with Crippen molar-refractivity contribution >= 4 is 44.4 Å². The standard InChI is InChI=1S/C10H10N2O2S2/c11-10-12-7-2-1-6(5-8(7)16-10)15-4-3-9(13)14/h1-2,5H,3-4H2,(H2,11,12)(H,13,14). The first-order valence-electron chi connectivity index (χ1n) is 4.66. The number of thiazole rings is 1. The molecule has 0 bridgehead atoms. The lowest BCUT2D eigenvalue weighted by Crippen LogP contribution is -1.95. The summed E-state index contributed by atoms with van der Waals surface area (Å²) < 4.78 is 1.04. The van der Waals surface area contributed by atoms with Gasteiger partial charge in [0.05, 0.1) is 16.6 Å². The van der Waals surface area contributed by atoms with E-state index in [4.69, 9.17) is 10.8 Å². The summed E-state index contributed by atoms with van der Waals surface area (Å²) in [6, 6.07) is 5.84. The van der Waals surface area contributed by atoms with Crippen LogP contribution in [-0.4, -0.2) is 21.8 Å². The first-order valence-corrected chi connectivity index (χ1v) is 6.46. The Morgan fingerprint density at radius 3 is 3.12 bits per heavy atom. The highest BCUT2D eigenvalue weighted by Crippen LogP contribution is 2.28. The lowest BCUT2D eigenvalue weighted by molar-refractivity contribution is -0.136. The van der Waals surface area contributed by atoms with Crippen LogP contribution in [0, 0.1) is 0 Å². The van der Waals surface area contributed by atoms with Crippen molar-refractivity contribution in [2.45, 2.75) is 11.3 Å². The monoisotopic (exact) mass is 254 g/mol. The zero-order valence-electron chi connectivity index (χ0n) is 8.34. The zero-order valence-corrected chi connectivity index (χ0v) is 9.98. The molecule has 3 N–H and O–H groups in total. The molecule has 16 heavy (non-hydrogen) atoms. The van der Waals surface area contributed by atoms with Crippen LogP contribution in [0.5, 0.6) is 0 Å². The number of carbonyl (C=O) groups is 1. The lowest BCUT2D eigenvalue weighted by Gasteiger charge is -1.98. The Kier molecular flexibility index (Phi) is 3.31. The van der Waals surface area contributed by atoms with Crippen molar-refractivity contribution in [1.29, 1.82) is 0 Å². The van der Waals surface area contributed by atoms with Crippen LogP contribution in [0.15, 0.2) is 23.1 Å². The molecular formula is C10H10N2O2S2. The minimum Gasteiger partial charge on any atom is -0.481 e. The number of aliphatic carboxylic acids is 1. The maximum atomic E-state index is 10.4. The number of aromatic nitrogens is 1. The first-order chi connectivity index (χ1) is 7.65. The van der Waals surface area contributed by atoms with Crippen LogP contribution in [0.3, 0.4) is 0 Å². The number of benzene rings is 1. The molecule has 1 heterocycles. The Morgan fingerprint density at radius 1 is 1.56 bits per heavy atom. The largest absolute Gasteiger partial charge is 0.481 e. The predicted octanol–water partition coefficient (Wildman–Crippen LogP) is 2.45. The molecule has 0 fully saturated rings. The van der Waals surface area contributed by atoms with E-state index in [0.29, 0.717) is 10.9 Å². The molecule has 2 rings (SSSR count). The SMILES string of the molecule is Nc1nc2ccc(SCCC(=O)O)cc2s1. The molecule has 0 aliphatic carbocycles. The summed E-state index contributed by atoms with van der Waals surface area (Å²) in [5.41, 5.74) is 6.50. The minimum atomic E-state index is -0.768. The number of thioether (sulfide) groups is 1. The number of hydrogen-bond acceptors (Lipinski definition) is 5. The van der Waals surface area contributed by atoms with Crippen LogP contribution in [0.4, 0.5) is 5.13 Å². The van der Waals surface area contributed by atoms with Crippen LogP contribution in [0.25, 0.3) is 10.2 Å². The van der Waals surface area contributed by atoms with Gasteiger partial charge in [0.1, 0.15) is 0 Å². The molecule has 0 spiro atoms. The van der Waals surface area contributed by atoms with E-state index in [9.17, 15) is 4.79 Å². The first kappa shape index (κ1) is 11.2. The Bertz CT molecular complexity index is 525. The molecule has 1 aromatic heterocycles. The summed E-state index contributed by atoms with van der Waals surface area (Å²) in [5, 5.41) is 9.09. The summed E-state index contributed by atoms with van der Waals surface area (Å²) in [7, 11) is 0. The topological polar surface area (TPSA) is 76.2 Å². The van der Waals surface area contributed by atoms with Crippen molar-refractivity contribution < 1.29 is 9.90 Å². The number of fused-ring (bicyclic) bond motifs is 1. The number of hydrogen-bond donors (Lipinski definition) is 2. The Hall–Kier alpha value is -1.27. The van der Waals surface area contributed by atoms with Gasteiger partial charge in [-0.05, 0) is 18.2 Å². The molecule has 0 amide bonds. The summed E-state index contributed by atoms with van der Waals surface area (Å²) in [5.74, 6) is -0.189. The molecule has 0 aliphatic heterocycles. The van der Waals surface area contributed by atoms with Crippen LogP contribution < -0.4 is 5.73 Å². The second kappa shape index (κ2) is 4.71. The Balaban J connectivity index is 2.10. The number of nitrogens with two attached hydrogens (primary N) is 1. The van der Waals surface area contributed by atoms with Crippen molar-refractivity contribution in [3.8, 4) is 0 Å². The predicted molar refractivity (Wildman–Crippen MR) is 67.0 cm³/mol. The fourth-order valence-corrected chi connectivity index (χ4v) is 2.99. The van der Waals surface area contributed by atoms with Gasteiger partial charge in [-0.1, -0.05) is 11.3 Å². The highest BCUT2D eigenvalue weighted by molar-refractivity contribution is 7.99. The van der Waals surface area contributed by atoms with E-state index < -0.39 is 5.97 Å². The van der Waals surface area contributed by atoms with E-state index in [2.05, 4.69) is 4.98 Å². The highest BCUT2D eigenvalue weighted by Gasteiger charge is 2.03. The minimum absolute atomic E-state index is 0.174. The molecule has 0 atom stereocenters. The van der Waals surface area contributed by atoms with Gasteiger partial charge in [-0.15, -0.1) is 11.8 Å². The fourth-order valence-electron chi connectivity index (χ4n) is 1.27. The summed E-state index contributed by atoms with van der Waals surface area (Å²) in [4.78, 5) is 15.6. The lowest BCUT2D eigenvalue weighted by atomic mass is 10.3. The molecule has 0 aliphatic rings. The van der Waals surface area contributed by atoms with Crippen molar-refractivity contribution in [2.75, 3.05) is 11.5 Å². The molecule has 4 nitrogen and oxygen atoms in total. The van der Waals surface area contributed by atoms with Gasteiger partial charge in [0.15, 0.2) is 5.13 Å². The number of carboxylic acid groups (broad SMARTS) is 1. The maximum absolute atomic E-state index is 10.4. The summed E-state index contributed by atoms with van der Waals surface area (Å²) in [6.45, 7) is 0. The molecule has 84 valence electrons. The molecule has 0 saturated heterocycles. The van der Waals surface area contributed by atoms with Gasteiger partial charge >= 0.3 is 5.97 Å².